The Balaban J connectivity index is 1.44. The van der Waals surface area contributed by atoms with Gasteiger partial charge in [0.1, 0.15) is 25.6 Å². The highest BCUT2D eigenvalue weighted by Gasteiger charge is 2.20. The quantitative estimate of drug-likeness (QED) is 0.483. The van der Waals surface area contributed by atoms with Crippen LogP contribution >= 0.6 is 0 Å². The molecule has 0 unspecified atom stereocenters. The van der Waals surface area contributed by atoms with Crippen molar-refractivity contribution in [3.8, 4) is 17.2 Å². The molecule has 30 heavy (non-hydrogen) atoms. The summed E-state index contributed by atoms with van der Waals surface area (Å²) in [6, 6.07) is 21.2. The minimum atomic E-state index is -0.326. The van der Waals surface area contributed by atoms with E-state index < -0.39 is 0 Å². The number of benzene rings is 3. The first-order valence-electron chi connectivity index (χ1n) is 9.72. The van der Waals surface area contributed by atoms with Crippen LogP contribution < -0.4 is 19.5 Å². The third kappa shape index (κ3) is 4.43. The van der Waals surface area contributed by atoms with Gasteiger partial charge in [-0.1, -0.05) is 36.4 Å². The Labute approximate surface area is 174 Å². The zero-order valence-electron chi connectivity index (χ0n) is 16.3. The van der Waals surface area contributed by atoms with Crippen molar-refractivity contribution < 1.29 is 23.8 Å². The highest BCUT2D eigenvalue weighted by atomic mass is 16.6. The topological polar surface area (TPSA) is 73.9 Å². The van der Waals surface area contributed by atoms with Gasteiger partial charge in [-0.25, -0.2) is 0 Å². The Morgan fingerprint density at radius 3 is 2.33 bits per heavy atom. The molecule has 6 nitrogen and oxygen atoms in total. The lowest BCUT2D eigenvalue weighted by molar-refractivity contribution is 0.0936. The fourth-order valence-electron chi connectivity index (χ4n) is 3.16. The van der Waals surface area contributed by atoms with Crippen LogP contribution in [0.5, 0.6) is 17.2 Å². The third-order valence-electron chi connectivity index (χ3n) is 4.62. The Bertz CT molecular complexity index is 1050. The SMILES string of the molecule is O=C(NCCOc1ccccc1)c1ccccc1C(=O)c1ccc2c(c1)OCCO2. The molecule has 152 valence electrons. The van der Waals surface area contributed by atoms with Gasteiger partial charge in [0.15, 0.2) is 17.3 Å². The predicted octanol–water partition coefficient (Wildman–Crippen LogP) is 3.50. The van der Waals surface area contributed by atoms with E-state index in [-0.39, 0.29) is 11.7 Å². The van der Waals surface area contributed by atoms with Crippen LogP contribution in [0.2, 0.25) is 0 Å². The van der Waals surface area contributed by atoms with Crippen molar-refractivity contribution >= 4 is 11.7 Å². The molecule has 0 aromatic heterocycles. The second-order valence-electron chi connectivity index (χ2n) is 6.65. The monoisotopic (exact) mass is 403 g/mol. The number of fused-ring (bicyclic) bond motifs is 1. The first-order valence-corrected chi connectivity index (χ1v) is 9.72. The fourth-order valence-corrected chi connectivity index (χ4v) is 3.16. The number of ether oxygens (including phenoxy) is 3. The summed E-state index contributed by atoms with van der Waals surface area (Å²) in [5.74, 6) is 1.31. The van der Waals surface area contributed by atoms with Gasteiger partial charge in [-0.05, 0) is 36.4 Å². The normalized spacial score (nSPS) is 12.1. The summed E-state index contributed by atoms with van der Waals surface area (Å²) < 4.78 is 16.6. The van der Waals surface area contributed by atoms with Crippen molar-refractivity contribution in [2.24, 2.45) is 0 Å². The van der Waals surface area contributed by atoms with Crippen molar-refractivity contribution in [1.29, 1.82) is 0 Å². The molecule has 1 aliphatic heterocycles. The Hall–Kier alpha value is -3.80. The van der Waals surface area contributed by atoms with Crippen molar-refractivity contribution in [3.63, 3.8) is 0 Å². The minimum absolute atomic E-state index is 0.252. The van der Waals surface area contributed by atoms with E-state index in [0.29, 0.717) is 54.6 Å². The molecule has 0 aliphatic carbocycles. The van der Waals surface area contributed by atoms with Crippen molar-refractivity contribution in [3.05, 3.63) is 89.5 Å². The van der Waals surface area contributed by atoms with E-state index in [0.717, 1.165) is 5.75 Å². The van der Waals surface area contributed by atoms with Gasteiger partial charge in [0, 0.05) is 11.1 Å². The van der Waals surface area contributed by atoms with Gasteiger partial charge in [0.2, 0.25) is 0 Å². The molecule has 0 spiro atoms. The van der Waals surface area contributed by atoms with Gasteiger partial charge < -0.3 is 19.5 Å². The molecule has 1 N–H and O–H groups in total. The van der Waals surface area contributed by atoms with Crippen LogP contribution in [0.4, 0.5) is 0 Å². The standard InChI is InChI=1S/C24H21NO5/c26-23(17-10-11-21-22(16-17)30-15-14-29-21)19-8-4-5-9-20(19)24(27)25-12-13-28-18-6-2-1-3-7-18/h1-11,16H,12-15H2,(H,25,27). The van der Waals surface area contributed by atoms with E-state index in [2.05, 4.69) is 5.32 Å². The first-order chi connectivity index (χ1) is 14.7. The summed E-state index contributed by atoms with van der Waals surface area (Å²) in [5, 5.41) is 2.81. The number of amides is 1. The average molecular weight is 403 g/mol. The maximum atomic E-state index is 13.1. The van der Waals surface area contributed by atoms with Gasteiger partial charge in [-0.2, -0.15) is 0 Å². The second-order valence-corrected chi connectivity index (χ2v) is 6.65. The average Bonchev–Trinajstić information content (AvgIpc) is 2.81. The van der Waals surface area contributed by atoms with Crippen molar-refractivity contribution in [1.82, 2.24) is 5.32 Å². The van der Waals surface area contributed by atoms with E-state index in [4.69, 9.17) is 14.2 Å². The largest absolute Gasteiger partial charge is 0.492 e. The fraction of sp³-hybridized carbons (Fsp3) is 0.167. The van der Waals surface area contributed by atoms with E-state index in [1.54, 1.807) is 42.5 Å². The smallest absolute Gasteiger partial charge is 0.252 e. The lowest BCUT2D eigenvalue weighted by atomic mass is 9.97. The molecule has 0 bridgehead atoms. The molecule has 0 fully saturated rings. The van der Waals surface area contributed by atoms with Crippen LogP contribution in [0.3, 0.4) is 0 Å². The molecule has 1 amide bonds. The zero-order valence-corrected chi connectivity index (χ0v) is 16.3. The van der Waals surface area contributed by atoms with Crippen LogP contribution in [0.1, 0.15) is 26.3 Å². The number of hydrogen-bond donors (Lipinski definition) is 1. The van der Waals surface area contributed by atoms with Gasteiger partial charge >= 0.3 is 0 Å². The lowest BCUT2D eigenvalue weighted by Gasteiger charge is -2.18. The number of para-hydroxylation sites is 1. The third-order valence-corrected chi connectivity index (χ3v) is 4.62. The molecular formula is C24H21NO5. The maximum absolute atomic E-state index is 13.1. The Kier molecular flexibility index (Phi) is 5.94. The molecule has 1 heterocycles. The van der Waals surface area contributed by atoms with Crippen LogP contribution in [-0.2, 0) is 0 Å². The summed E-state index contributed by atoms with van der Waals surface area (Å²) >= 11 is 0. The van der Waals surface area contributed by atoms with Gasteiger partial charge in [0.25, 0.3) is 5.91 Å². The Morgan fingerprint density at radius 2 is 1.53 bits per heavy atom. The van der Waals surface area contributed by atoms with E-state index >= 15 is 0 Å². The molecule has 3 aromatic rings. The van der Waals surface area contributed by atoms with E-state index in [1.807, 2.05) is 30.3 Å². The number of carbonyl (C=O) groups excluding carboxylic acids is 2. The molecule has 0 atom stereocenters. The highest BCUT2D eigenvalue weighted by molar-refractivity contribution is 6.15. The minimum Gasteiger partial charge on any atom is -0.492 e. The number of carbonyl (C=O) groups is 2. The van der Waals surface area contributed by atoms with Gasteiger partial charge in [0.05, 0.1) is 12.1 Å². The molecule has 1 aliphatic rings. The molecule has 3 aromatic carbocycles. The van der Waals surface area contributed by atoms with Crippen LogP contribution in [-0.4, -0.2) is 38.1 Å². The number of ketones is 1. The van der Waals surface area contributed by atoms with Crippen molar-refractivity contribution in [2.75, 3.05) is 26.4 Å². The summed E-state index contributed by atoms with van der Waals surface area (Å²) in [6.07, 6.45) is 0. The molecule has 4 rings (SSSR count). The predicted molar refractivity (Wildman–Crippen MR) is 112 cm³/mol. The zero-order chi connectivity index (χ0) is 20.8. The summed E-state index contributed by atoms with van der Waals surface area (Å²) in [4.78, 5) is 25.8. The maximum Gasteiger partial charge on any atom is 0.252 e. The van der Waals surface area contributed by atoms with Crippen LogP contribution in [0.25, 0.3) is 0 Å². The summed E-state index contributed by atoms with van der Waals surface area (Å²) in [5.41, 5.74) is 1.08. The molecule has 0 saturated heterocycles. The number of hydrogen-bond acceptors (Lipinski definition) is 5. The van der Waals surface area contributed by atoms with Gasteiger partial charge in [-0.15, -0.1) is 0 Å². The first kappa shape index (κ1) is 19.5. The van der Waals surface area contributed by atoms with Crippen LogP contribution in [0, 0.1) is 0 Å². The highest BCUT2D eigenvalue weighted by Crippen LogP contribution is 2.31. The molecule has 0 saturated carbocycles. The van der Waals surface area contributed by atoms with E-state index in [1.165, 1.54) is 0 Å². The second kappa shape index (κ2) is 9.13. The molecule has 0 radical (unpaired) electrons. The van der Waals surface area contributed by atoms with E-state index in [9.17, 15) is 9.59 Å². The lowest BCUT2D eigenvalue weighted by Crippen LogP contribution is -2.29. The number of nitrogens with one attached hydrogen (secondary N) is 1. The Morgan fingerprint density at radius 1 is 0.833 bits per heavy atom. The number of rotatable bonds is 7. The summed E-state index contributed by atoms with van der Waals surface area (Å²) in [7, 11) is 0. The summed E-state index contributed by atoms with van der Waals surface area (Å²) in [6.45, 7) is 1.57. The van der Waals surface area contributed by atoms with Gasteiger partial charge in [-0.3, -0.25) is 9.59 Å². The van der Waals surface area contributed by atoms with Crippen molar-refractivity contribution in [2.45, 2.75) is 0 Å². The van der Waals surface area contributed by atoms with Crippen LogP contribution in [0.15, 0.2) is 72.8 Å². The molecular weight excluding hydrogens is 382 g/mol. The molecule has 6 heteroatoms.